The summed E-state index contributed by atoms with van der Waals surface area (Å²) in [5.74, 6) is 0. The summed E-state index contributed by atoms with van der Waals surface area (Å²) in [6.45, 7) is 4.72. The number of nitrogens with zero attached hydrogens (tertiary/aromatic N) is 2. The molecule has 0 bridgehead atoms. The highest BCUT2D eigenvalue weighted by molar-refractivity contribution is 6.17. The second-order valence-electron chi connectivity index (χ2n) is 16.1. The fourth-order valence-electron chi connectivity index (χ4n) is 9.84. The molecule has 0 aliphatic heterocycles. The molecule has 0 fully saturated rings. The first-order valence-corrected chi connectivity index (χ1v) is 20.1. The van der Waals surface area contributed by atoms with Gasteiger partial charge in [-0.1, -0.05) is 141 Å². The molecule has 58 heavy (non-hydrogen) atoms. The lowest BCUT2D eigenvalue weighted by Crippen LogP contribution is -2.17. The van der Waals surface area contributed by atoms with E-state index in [1.54, 1.807) is 0 Å². The number of para-hydroxylation sites is 3. The van der Waals surface area contributed by atoms with E-state index in [0.717, 1.165) is 61.3 Å². The smallest absolute Gasteiger partial charge is 0.136 e. The van der Waals surface area contributed by atoms with Crippen LogP contribution in [0, 0.1) is 0 Å². The van der Waals surface area contributed by atoms with Gasteiger partial charge in [-0.05, 0) is 105 Å². The predicted octanol–water partition coefficient (Wildman–Crippen LogP) is 15.3. The molecule has 2 aromatic heterocycles. The monoisotopic (exact) mass is 742 g/mol. The van der Waals surface area contributed by atoms with Crippen LogP contribution in [0.3, 0.4) is 0 Å². The van der Waals surface area contributed by atoms with Crippen LogP contribution in [0.15, 0.2) is 199 Å². The highest BCUT2D eigenvalue weighted by Crippen LogP contribution is 2.53. The first-order chi connectivity index (χ1) is 28.5. The maximum absolute atomic E-state index is 6.61. The van der Waals surface area contributed by atoms with E-state index >= 15 is 0 Å². The molecular weight excluding hydrogens is 705 g/mol. The fraction of sp³-hybridized carbons (Fsp3) is 0.0545. The van der Waals surface area contributed by atoms with Gasteiger partial charge >= 0.3 is 0 Å². The molecule has 0 saturated carbocycles. The van der Waals surface area contributed by atoms with Gasteiger partial charge in [0.1, 0.15) is 11.2 Å². The van der Waals surface area contributed by atoms with Gasteiger partial charge in [-0.25, -0.2) is 0 Å². The van der Waals surface area contributed by atoms with Gasteiger partial charge in [0.25, 0.3) is 0 Å². The highest BCUT2D eigenvalue weighted by atomic mass is 16.3. The molecule has 0 amide bonds. The Bertz CT molecular complexity index is 3440. The van der Waals surface area contributed by atoms with Gasteiger partial charge in [0.2, 0.25) is 0 Å². The summed E-state index contributed by atoms with van der Waals surface area (Å²) in [5, 5.41) is 7.09. The van der Waals surface area contributed by atoms with Crippen LogP contribution in [-0.4, -0.2) is 4.57 Å². The summed E-state index contributed by atoms with van der Waals surface area (Å²) in [4.78, 5) is 2.48. The third-order valence-electron chi connectivity index (χ3n) is 12.6. The summed E-state index contributed by atoms with van der Waals surface area (Å²) in [5.41, 5.74) is 15.9. The lowest BCUT2D eigenvalue weighted by molar-refractivity contribution is 0.660. The summed E-state index contributed by atoms with van der Waals surface area (Å²) in [6, 6.07) is 70.8. The molecule has 2 heterocycles. The van der Waals surface area contributed by atoms with Crippen molar-refractivity contribution in [2.75, 3.05) is 4.90 Å². The van der Waals surface area contributed by atoms with E-state index in [1.165, 1.54) is 49.3 Å². The topological polar surface area (TPSA) is 21.3 Å². The number of aromatic nitrogens is 1. The molecule has 9 aromatic carbocycles. The minimum Gasteiger partial charge on any atom is -0.456 e. The lowest BCUT2D eigenvalue weighted by Gasteiger charge is -2.30. The fourth-order valence-corrected chi connectivity index (χ4v) is 9.84. The van der Waals surface area contributed by atoms with E-state index in [9.17, 15) is 0 Å². The zero-order valence-electron chi connectivity index (χ0n) is 32.3. The van der Waals surface area contributed by atoms with Gasteiger partial charge in [0.15, 0.2) is 0 Å². The van der Waals surface area contributed by atoms with Crippen molar-refractivity contribution in [1.82, 2.24) is 4.57 Å². The molecular formula is C55H38N2O. The van der Waals surface area contributed by atoms with E-state index in [4.69, 9.17) is 4.42 Å². The Morgan fingerprint density at radius 1 is 0.466 bits per heavy atom. The average molecular weight is 743 g/mol. The Labute approximate surface area is 336 Å². The SMILES string of the molecule is CC1(C)c2ccccc2-c2ccc(N(c3ccc4c5ccccc5n(-c5ccccc5)c4c3)c3ccc4oc5ccccc5c4c3-c3ccc4ccccc4c3)cc21. The molecule has 0 unspecified atom stereocenters. The van der Waals surface area contributed by atoms with Crippen molar-refractivity contribution < 1.29 is 4.42 Å². The Kier molecular flexibility index (Phi) is 6.98. The number of fused-ring (bicyclic) bond motifs is 10. The van der Waals surface area contributed by atoms with E-state index in [2.05, 4.69) is 217 Å². The van der Waals surface area contributed by atoms with Crippen molar-refractivity contribution in [3.05, 3.63) is 205 Å². The van der Waals surface area contributed by atoms with Crippen LogP contribution in [-0.2, 0) is 5.41 Å². The first-order valence-electron chi connectivity index (χ1n) is 20.1. The minimum atomic E-state index is -0.164. The van der Waals surface area contributed by atoms with Gasteiger partial charge in [0, 0.05) is 49.6 Å². The van der Waals surface area contributed by atoms with Crippen LogP contribution < -0.4 is 4.90 Å². The largest absolute Gasteiger partial charge is 0.456 e. The maximum atomic E-state index is 6.61. The molecule has 0 N–H and O–H groups in total. The number of hydrogen-bond acceptors (Lipinski definition) is 2. The highest BCUT2D eigenvalue weighted by Gasteiger charge is 2.36. The van der Waals surface area contributed by atoms with Crippen molar-refractivity contribution in [2.24, 2.45) is 0 Å². The van der Waals surface area contributed by atoms with E-state index in [-0.39, 0.29) is 5.41 Å². The van der Waals surface area contributed by atoms with Gasteiger partial charge in [-0.15, -0.1) is 0 Å². The molecule has 1 aliphatic rings. The van der Waals surface area contributed by atoms with Gasteiger partial charge in [0.05, 0.1) is 16.7 Å². The minimum absolute atomic E-state index is 0.164. The van der Waals surface area contributed by atoms with Crippen LogP contribution in [0.4, 0.5) is 17.1 Å². The van der Waals surface area contributed by atoms with Crippen molar-refractivity contribution in [1.29, 1.82) is 0 Å². The average Bonchev–Trinajstić information content (AvgIpc) is 3.89. The third kappa shape index (κ3) is 4.74. The summed E-state index contributed by atoms with van der Waals surface area (Å²) in [7, 11) is 0. The number of anilines is 3. The van der Waals surface area contributed by atoms with Crippen molar-refractivity contribution in [3.8, 4) is 27.9 Å². The first kappa shape index (κ1) is 32.8. The summed E-state index contributed by atoms with van der Waals surface area (Å²) in [6.07, 6.45) is 0. The zero-order valence-corrected chi connectivity index (χ0v) is 32.3. The Morgan fingerprint density at radius 2 is 1.16 bits per heavy atom. The van der Waals surface area contributed by atoms with Crippen LogP contribution in [0.5, 0.6) is 0 Å². The lowest BCUT2D eigenvalue weighted by atomic mass is 9.82. The predicted molar refractivity (Wildman–Crippen MR) is 243 cm³/mol. The quantitative estimate of drug-likeness (QED) is 0.175. The third-order valence-corrected chi connectivity index (χ3v) is 12.6. The van der Waals surface area contributed by atoms with Crippen LogP contribution in [0.1, 0.15) is 25.0 Å². The Morgan fingerprint density at radius 3 is 2.05 bits per heavy atom. The maximum Gasteiger partial charge on any atom is 0.136 e. The molecule has 3 heteroatoms. The van der Waals surface area contributed by atoms with E-state index < -0.39 is 0 Å². The van der Waals surface area contributed by atoms with Gasteiger partial charge < -0.3 is 13.9 Å². The number of benzene rings is 9. The molecule has 11 aromatic rings. The Balaban J connectivity index is 1.19. The molecule has 274 valence electrons. The second-order valence-corrected chi connectivity index (χ2v) is 16.1. The van der Waals surface area contributed by atoms with Crippen LogP contribution in [0.2, 0.25) is 0 Å². The molecule has 1 aliphatic carbocycles. The second kappa shape index (κ2) is 12.3. The Hall–Kier alpha value is -7.36. The van der Waals surface area contributed by atoms with E-state index in [0.29, 0.717) is 0 Å². The van der Waals surface area contributed by atoms with E-state index in [1.807, 2.05) is 0 Å². The van der Waals surface area contributed by atoms with Crippen LogP contribution in [0.25, 0.3) is 82.5 Å². The van der Waals surface area contributed by atoms with Crippen molar-refractivity contribution in [3.63, 3.8) is 0 Å². The summed E-state index contributed by atoms with van der Waals surface area (Å²) >= 11 is 0. The molecule has 3 nitrogen and oxygen atoms in total. The zero-order chi connectivity index (χ0) is 38.5. The van der Waals surface area contributed by atoms with Crippen molar-refractivity contribution >= 4 is 71.6 Å². The standard InChI is InChI=1S/C55H38N2O/c1-55(2)46-21-11-8-18-41(46)42-28-26-39(33-47(42)55)56(40-27-29-44-43-19-9-12-22-48(43)57(50(44)34-40)38-16-4-3-5-17-38)49-30-31-52-54(45-20-10-13-23-51(45)58-52)53(49)37-25-24-35-14-6-7-15-36(35)32-37/h3-34H,1-2H3. The molecule has 12 rings (SSSR count). The molecule has 0 radical (unpaired) electrons. The molecule has 0 saturated heterocycles. The van der Waals surface area contributed by atoms with Gasteiger partial charge in [-0.2, -0.15) is 0 Å². The number of rotatable bonds is 5. The summed E-state index contributed by atoms with van der Waals surface area (Å²) < 4.78 is 9.01. The van der Waals surface area contributed by atoms with Crippen molar-refractivity contribution in [2.45, 2.75) is 19.3 Å². The van der Waals surface area contributed by atoms with Crippen LogP contribution >= 0.6 is 0 Å². The normalized spacial score (nSPS) is 13.1. The molecule has 0 atom stereocenters. The van der Waals surface area contributed by atoms with Gasteiger partial charge in [-0.3, -0.25) is 0 Å². The molecule has 0 spiro atoms. The number of furan rings is 1. The number of hydrogen-bond donors (Lipinski definition) is 0.